The summed E-state index contributed by atoms with van der Waals surface area (Å²) in [5, 5.41) is 14.6. The van der Waals surface area contributed by atoms with Gasteiger partial charge in [-0.25, -0.2) is 13.1 Å². The van der Waals surface area contributed by atoms with Crippen LogP contribution < -0.4 is 10.6 Å². The zero-order chi connectivity index (χ0) is 31.0. The predicted octanol–water partition coefficient (Wildman–Crippen LogP) is 4.56. The minimum Gasteiger partial charge on any atom is -0.329 e. The van der Waals surface area contributed by atoms with Crippen LogP contribution in [0.15, 0.2) is 66.0 Å². The highest BCUT2D eigenvalue weighted by molar-refractivity contribution is 7.89. The van der Waals surface area contributed by atoms with Crippen molar-refractivity contribution >= 4 is 15.9 Å². The van der Waals surface area contributed by atoms with Gasteiger partial charge in [0.2, 0.25) is 5.91 Å². The van der Waals surface area contributed by atoms with Crippen molar-refractivity contribution in [2.75, 3.05) is 6.54 Å². The molecular weight excluding hydrogens is 581 g/mol. The van der Waals surface area contributed by atoms with E-state index in [-0.39, 0.29) is 17.9 Å². The van der Waals surface area contributed by atoms with Gasteiger partial charge in [-0.2, -0.15) is 13.2 Å². The number of nitrogens with zero attached hydrogens (tertiary/aromatic N) is 4. The van der Waals surface area contributed by atoms with E-state index in [2.05, 4.69) is 59.9 Å². The molecule has 2 aromatic carbocycles. The fourth-order valence-electron chi connectivity index (χ4n) is 5.46. The number of fused-ring (bicyclic) bond motifs is 1. The standard InChI is InChI=1S/C30H35F3N6O3S/c1-29(2,3)19-34-17-20-10-11-25-21(14-20)6-4-9-26(25)38-18-23(36-37-38)16-27-28(40)35-12-13-39(27)43(41,42)24-8-5-7-22(15-24)30(31,32)33/h5,7-8,10-15,18,26-27,34H,4,6,9,16-17,19H2,1-3H3,(H,35,40)/t26-,27-/m1/s1. The third-order valence-electron chi connectivity index (χ3n) is 7.55. The van der Waals surface area contributed by atoms with E-state index < -0.39 is 38.6 Å². The summed E-state index contributed by atoms with van der Waals surface area (Å²) in [6.45, 7) is 8.25. The van der Waals surface area contributed by atoms with Gasteiger partial charge >= 0.3 is 6.18 Å². The number of alkyl halides is 3. The number of carbonyl (C=O) groups excluding carboxylic acids is 1. The molecule has 0 unspecified atom stereocenters. The molecule has 2 aliphatic rings. The maximum absolute atomic E-state index is 13.4. The smallest absolute Gasteiger partial charge is 0.329 e. The third kappa shape index (κ3) is 6.93. The number of hydrogen-bond donors (Lipinski definition) is 2. The summed E-state index contributed by atoms with van der Waals surface area (Å²) in [4.78, 5) is 12.3. The minimum atomic E-state index is -4.72. The Balaban J connectivity index is 1.35. The van der Waals surface area contributed by atoms with Crippen LogP contribution in [0, 0.1) is 5.41 Å². The Hall–Kier alpha value is -3.71. The Morgan fingerprint density at radius 2 is 1.91 bits per heavy atom. The van der Waals surface area contributed by atoms with E-state index in [1.165, 1.54) is 11.1 Å². The van der Waals surface area contributed by atoms with Crippen molar-refractivity contribution in [2.45, 2.75) is 76.2 Å². The van der Waals surface area contributed by atoms with Crippen molar-refractivity contribution in [1.29, 1.82) is 0 Å². The van der Waals surface area contributed by atoms with Crippen molar-refractivity contribution in [3.8, 4) is 0 Å². The zero-order valence-corrected chi connectivity index (χ0v) is 25.0. The number of sulfonamides is 1. The van der Waals surface area contributed by atoms with Gasteiger partial charge in [-0.15, -0.1) is 5.10 Å². The van der Waals surface area contributed by atoms with Gasteiger partial charge in [-0.05, 0) is 59.6 Å². The number of carbonyl (C=O) groups is 1. The minimum absolute atomic E-state index is 0.0633. The lowest BCUT2D eigenvalue weighted by molar-refractivity contribution is -0.137. The predicted molar refractivity (Wildman–Crippen MR) is 154 cm³/mol. The summed E-state index contributed by atoms with van der Waals surface area (Å²) in [5.74, 6) is -0.622. The topological polar surface area (TPSA) is 109 Å². The van der Waals surface area contributed by atoms with E-state index in [4.69, 9.17) is 0 Å². The third-order valence-corrected chi connectivity index (χ3v) is 9.33. The first-order valence-electron chi connectivity index (χ1n) is 14.1. The van der Waals surface area contributed by atoms with Crippen molar-refractivity contribution in [3.05, 3.63) is 89.0 Å². The number of aryl methyl sites for hydroxylation is 1. The van der Waals surface area contributed by atoms with Gasteiger partial charge in [0.05, 0.1) is 22.2 Å². The Morgan fingerprint density at radius 1 is 1.12 bits per heavy atom. The van der Waals surface area contributed by atoms with Crippen molar-refractivity contribution in [3.63, 3.8) is 0 Å². The van der Waals surface area contributed by atoms with Crippen LogP contribution in [0.1, 0.15) is 67.6 Å². The maximum Gasteiger partial charge on any atom is 0.416 e. The van der Waals surface area contributed by atoms with Crippen molar-refractivity contribution in [2.24, 2.45) is 5.41 Å². The van der Waals surface area contributed by atoms with E-state index in [0.717, 1.165) is 72.8 Å². The summed E-state index contributed by atoms with van der Waals surface area (Å²) in [5.41, 5.74) is 3.08. The summed E-state index contributed by atoms with van der Waals surface area (Å²) >= 11 is 0. The van der Waals surface area contributed by atoms with Gasteiger partial charge in [0.1, 0.15) is 6.04 Å². The van der Waals surface area contributed by atoms with Gasteiger partial charge in [0.25, 0.3) is 10.0 Å². The molecule has 1 aromatic heterocycles. The maximum atomic E-state index is 13.4. The molecule has 2 N–H and O–H groups in total. The second-order valence-corrected chi connectivity index (χ2v) is 14.0. The Labute approximate surface area is 249 Å². The highest BCUT2D eigenvalue weighted by Gasteiger charge is 2.38. The molecule has 0 radical (unpaired) electrons. The average molecular weight is 617 g/mol. The molecule has 1 aliphatic heterocycles. The lowest BCUT2D eigenvalue weighted by atomic mass is 9.86. The number of aromatic nitrogens is 3. The van der Waals surface area contributed by atoms with E-state index in [1.54, 1.807) is 10.9 Å². The van der Waals surface area contributed by atoms with E-state index in [9.17, 15) is 26.4 Å². The van der Waals surface area contributed by atoms with Crippen LogP contribution in [-0.4, -0.2) is 46.2 Å². The molecule has 5 rings (SSSR count). The lowest BCUT2D eigenvalue weighted by Gasteiger charge is -2.31. The molecular formula is C30H35F3N6O3S. The molecule has 9 nitrogen and oxygen atoms in total. The molecule has 2 heterocycles. The molecule has 1 aliphatic carbocycles. The second-order valence-electron chi connectivity index (χ2n) is 12.2. The average Bonchev–Trinajstić information content (AvgIpc) is 3.41. The first-order chi connectivity index (χ1) is 20.2. The molecule has 0 fully saturated rings. The number of nitrogens with one attached hydrogen (secondary N) is 2. The van der Waals surface area contributed by atoms with Gasteiger partial charge in [0, 0.05) is 38.1 Å². The molecule has 3 aromatic rings. The second kappa shape index (κ2) is 11.8. The first-order valence-corrected chi connectivity index (χ1v) is 15.6. The van der Waals surface area contributed by atoms with Crippen LogP contribution in [0.25, 0.3) is 0 Å². The molecule has 230 valence electrons. The van der Waals surface area contributed by atoms with Crippen LogP contribution in [-0.2, 0) is 40.4 Å². The first kappa shape index (κ1) is 30.7. The highest BCUT2D eigenvalue weighted by atomic mass is 32.2. The molecule has 1 amide bonds. The van der Waals surface area contributed by atoms with Crippen LogP contribution in [0.4, 0.5) is 13.2 Å². The Kier molecular flexibility index (Phi) is 8.41. The quantitative estimate of drug-likeness (QED) is 0.384. The van der Waals surface area contributed by atoms with Gasteiger partial charge in [-0.3, -0.25) is 9.10 Å². The summed E-state index contributed by atoms with van der Waals surface area (Å²) in [7, 11) is -4.49. The molecule has 0 saturated heterocycles. The van der Waals surface area contributed by atoms with Crippen LogP contribution in [0.2, 0.25) is 0 Å². The molecule has 43 heavy (non-hydrogen) atoms. The zero-order valence-electron chi connectivity index (χ0n) is 24.2. The van der Waals surface area contributed by atoms with Gasteiger partial charge in [-0.1, -0.05) is 50.3 Å². The summed E-state index contributed by atoms with van der Waals surface area (Å²) in [6, 6.07) is 8.59. The van der Waals surface area contributed by atoms with Gasteiger partial charge in [0.15, 0.2) is 0 Å². The molecule has 0 saturated carbocycles. The van der Waals surface area contributed by atoms with Crippen LogP contribution in [0.3, 0.4) is 0 Å². The summed E-state index contributed by atoms with van der Waals surface area (Å²) in [6.07, 6.45) is 1.92. The highest BCUT2D eigenvalue weighted by Crippen LogP contribution is 2.34. The van der Waals surface area contributed by atoms with E-state index >= 15 is 0 Å². The Morgan fingerprint density at radius 3 is 2.65 bits per heavy atom. The molecule has 13 heteroatoms. The number of amides is 1. The number of halogens is 3. The number of hydrogen-bond acceptors (Lipinski definition) is 6. The van der Waals surface area contributed by atoms with Crippen LogP contribution in [0.5, 0.6) is 0 Å². The molecule has 0 bridgehead atoms. The van der Waals surface area contributed by atoms with Crippen molar-refractivity contribution in [1.82, 2.24) is 29.9 Å². The fraction of sp³-hybridized carbons (Fsp3) is 0.433. The lowest BCUT2D eigenvalue weighted by Crippen LogP contribution is -2.50. The summed E-state index contributed by atoms with van der Waals surface area (Å²) < 4.78 is 69.2. The van der Waals surface area contributed by atoms with E-state index in [1.807, 2.05) is 0 Å². The monoisotopic (exact) mass is 616 g/mol. The number of benzene rings is 2. The van der Waals surface area contributed by atoms with Crippen LogP contribution >= 0.6 is 0 Å². The Bertz CT molecular complexity index is 1630. The molecule has 0 spiro atoms. The fourth-order valence-corrected chi connectivity index (χ4v) is 6.96. The largest absolute Gasteiger partial charge is 0.416 e. The van der Waals surface area contributed by atoms with E-state index in [0.29, 0.717) is 11.8 Å². The normalized spacial score (nSPS) is 19.3. The number of rotatable bonds is 8. The van der Waals surface area contributed by atoms with Gasteiger partial charge < -0.3 is 10.6 Å². The van der Waals surface area contributed by atoms with Crippen molar-refractivity contribution < 1.29 is 26.4 Å². The molecule has 2 atom stereocenters. The SMILES string of the molecule is CC(C)(C)CNCc1ccc2c(c1)CCC[C@H]2n1cc(C[C@@H]2C(=O)NC=CN2S(=O)(=O)c2cccc(C(F)(F)F)c2)nn1.